The molecule has 0 radical (unpaired) electrons. The molecule has 0 atom stereocenters. The lowest BCUT2D eigenvalue weighted by atomic mass is 9.99. The lowest BCUT2D eigenvalue weighted by Gasteiger charge is -2.38. The average Bonchev–Trinajstić information content (AvgIpc) is 2.89. The summed E-state index contributed by atoms with van der Waals surface area (Å²) in [5.41, 5.74) is 7.17. The van der Waals surface area contributed by atoms with Gasteiger partial charge < -0.3 is 25.4 Å². The summed E-state index contributed by atoms with van der Waals surface area (Å²) in [5, 5.41) is 12.3. The zero-order valence-corrected chi connectivity index (χ0v) is 20.8. The van der Waals surface area contributed by atoms with Gasteiger partial charge in [0.05, 0.1) is 24.4 Å². The van der Waals surface area contributed by atoms with Crippen molar-refractivity contribution in [1.82, 2.24) is 15.2 Å². The highest BCUT2D eigenvalue weighted by Gasteiger charge is 2.34. The number of nitrogens with two attached hydrogens (primary N) is 2. The number of aromatic nitrogens is 3. The summed E-state index contributed by atoms with van der Waals surface area (Å²) in [4.78, 5) is 18.6. The Balaban J connectivity index is 1.30. The summed E-state index contributed by atoms with van der Waals surface area (Å²) in [5.74, 6) is 7.48. The van der Waals surface area contributed by atoms with Crippen LogP contribution in [-0.2, 0) is 4.79 Å². The second-order valence-corrected chi connectivity index (χ2v) is 8.56. The van der Waals surface area contributed by atoms with E-state index in [-0.39, 0.29) is 29.9 Å². The molecule has 0 spiro atoms. The second-order valence-electron chi connectivity index (χ2n) is 8.56. The minimum absolute atomic E-state index is 0.0214. The van der Waals surface area contributed by atoms with Crippen molar-refractivity contribution in [2.75, 3.05) is 42.0 Å². The molecule has 1 saturated heterocycles. The van der Waals surface area contributed by atoms with Crippen LogP contribution in [0.2, 0.25) is 0 Å². The fraction of sp³-hybridized carbons (Fsp3) is 0.280. The molecule has 1 aliphatic heterocycles. The first-order valence-electron chi connectivity index (χ1n) is 11.7. The van der Waals surface area contributed by atoms with Gasteiger partial charge in [0.15, 0.2) is 17.4 Å². The molecule has 13 heteroatoms. The number of nitrogens with zero attached hydrogens (tertiary/aromatic N) is 5. The predicted molar refractivity (Wildman–Crippen MR) is 138 cm³/mol. The molecule has 4 rings (SSSR count). The van der Waals surface area contributed by atoms with Crippen molar-refractivity contribution in [2.45, 2.75) is 13.3 Å². The topological polar surface area (TPSA) is 145 Å². The summed E-state index contributed by atoms with van der Waals surface area (Å²) < 4.78 is 36.6. The largest absolute Gasteiger partial charge is 0.493 e. The number of methoxy groups -OCH3 is 1. The maximum absolute atomic E-state index is 12.8. The number of halogens is 2. The van der Waals surface area contributed by atoms with Crippen LogP contribution in [0.15, 0.2) is 66.1 Å². The molecule has 3 heterocycles. The molecule has 1 aromatic carbocycles. The highest BCUT2D eigenvalue weighted by atomic mass is 19.3. The Morgan fingerprint density at radius 1 is 1.18 bits per heavy atom. The zero-order valence-electron chi connectivity index (χ0n) is 20.8. The molecule has 200 valence electrons. The zero-order chi connectivity index (χ0) is 27.2. The predicted octanol–water partition coefficient (Wildman–Crippen LogP) is 2.84. The molecule has 1 fully saturated rings. The van der Waals surface area contributed by atoms with E-state index in [1.54, 1.807) is 37.4 Å². The Kier molecular flexibility index (Phi) is 8.16. The summed E-state index contributed by atoms with van der Waals surface area (Å²) in [7, 11) is 1.51. The lowest BCUT2D eigenvalue weighted by molar-refractivity contribution is -0.120. The molecular weight excluding hydrogens is 498 g/mol. The number of allylic oxidation sites excluding steroid dienone is 1. The molecule has 38 heavy (non-hydrogen) atoms. The van der Waals surface area contributed by atoms with Crippen molar-refractivity contribution in [1.29, 1.82) is 0 Å². The Labute approximate surface area is 218 Å². The van der Waals surface area contributed by atoms with Crippen LogP contribution < -0.4 is 36.3 Å². The maximum Gasteiger partial charge on any atom is 0.263 e. The van der Waals surface area contributed by atoms with E-state index >= 15 is 0 Å². The van der Waals surface area contributed by atoms with E-state index in [0.29, 0.717) is 47.6 Å². The van der Waals surface area contributed by atoms with Gasteiger partial charge in [0.1, 0.15) is 6.61 Å². The van der Waals surface area contributed by atoms with Crippen molar-refractivity contribution < 1.29 is 23.0 Å². The van der Waals surface area contributed by atoms with Crippen molar-refractivity contribution in [3.8, 4) is 11.6 Å². The molecule has 0 aliphatic carbocycles. The van der Waals surface area contributed by atoms with Gasteiger partial charge in [-0.3, -0.25) is 9.80 Å². The van der Waals surface area contributed by atoms with Gasteiger partial charge in [-0.2, -0.15) is 0 Å². The van der Waals surface area contributed by atoms with Gasteiger partial charge in [-0.1, -0.05) is 12.1 Å². The van der Waals surface area contributed by atoms with E-state index in [9.17, 15) is 13.6 Å². The van der Waals surface area contributed by atoms with Crippen molar-refractivity contribution in [2.24, 2.45) is 17.5 Å². The number of carbonyl (C=O) groups excluding carboxylic acids is 1. The number of alkyl halides is 2. The maximum atomic E-state index is 12.8. The Bertz CT molecular complexity index is 1280. The number of carbonyl (C=O) groups is 1. The minimum Gasteiger partial charge on any atom is -0.493 e. The number of ether oxygens (including phenoxy) is 2. The second kappa shape index (κ2) is 11.7. The number of benzene rings is 1. The van der Waals surface area contributed by atoms with Gasteiger partial charge in [-0.25, -0.2) is 19.6 Å². The molecule has 1 aliphatic rings. The van der Waals surface area contributed by atoms with E-state index in [4.69, 9.17) is 21.1 Å². The Morgan fingerprint density at radius 2 is 1.92 bits per heavy atom. The van der Waals surface area contributed by atoms with Gasteiger partial charge in [-0.05, 0) is 37.3 Å². The summed E-state index contributed by atoms with van der Waals surface area (Å²) in [6.07, 6.45) is -0.989. The lowest BCUT2D eigenvalue weighted by Crippen LogP contribution is -2.52. The number of pyridine rings is 1. The van der Waals surface area contributed by atoms with Crippen molar-refractivity contribution >= 4 is 23.2 Å². The Hall–Kier alpha value is -4.52. The van der Waals surface area contributed by atoms with E-state index in [1.165, 1.54) is 36.4 Å². The molecule has 11 nitrogen and oxygen atoms in total. The molecular formula is C25H28F2N8O3. The van der Waals surface area contributed by atoms with Crippen molar-refractivity contribution in [3.05, 3.63) is 71.7 Å². The van der Waals surface area contributed by atoms with E-state index in [2.05, 4.69) is 20.5 Å². The number of rotatable bonds is 10. The van der Waals surface area contributed by atoms with Crippen LogP contribution in [0.5, 0.6) is 11.6 Å². The minimum atomic E-state index is -2.57. The number of amides is 1. The number of nitrogens with one attached hydrogen (secondary N) is 1. The third-order valence-electron chi connectivity index (χ3n) is 5.96. The first-order chi connectivity index (χ1) is 18.3. The molecule has 2 aromatic heterocycles. The van der Waals surface area contributed by atoms with Crippen LogP contribution in [0.1, 0.15) is 18.9 Å². The SMILES string of the molecule is COc1cccnc1NC(=O)C1CN(c2ccc(OC/C(=C(\C)N)N(N)c3ccc(C(F)F)cc3)nn2)C1. The van der Waals surface area contributed by atoms with Crippen LogP contribution >= 0.6 is 0 Å². The van der Waals surface area contributed by atoms with E-state index in [1.807, 2.05) is 4.90 Å². The van der Waals surface area contributed by atoms with Gasteiger partial charge in [-0.15, -0.1) is 10.2 Å². The van der Waals surface area contributed by atoms with E-state index < -0.39 is 6.43 Å². The number of hydrogen-bond donors (Lipinski definition) is 3. The molecule has 1 amide bonds. The van der Waals surface area contributed by atoms with Gasteiger partial charge >= 0.3 is 0 Å². The summed E-state index contributed by atoms with van der Waals surface area (Å²) in [6.45, 7) is 2.58. The molecule has 0 bridgehead atoms. The smallest absolute Gasteiger partial charge is 0.263 e. The quantitative estimate of drug-likeness (QED) is 0.266. The summed E-state index contributed by atoms with van der Waals surface area (Å²) >= 11 is 0. The molecule has 0 unspecified atom stereocenters. The third-order valence-corrected chi connectivity index (χ3v) is 5.96. The molecule has 0 saturated carbocycles. The fourth-order valence-electron chi connectivity index (χ4n) is 3.71. The normalized spacial score (nSPS) is 14.0. The number of anilines is 3. The van der Waals surface area contributed by atoms with Crippen LogP contribution in [0, 0.1) is 5.92 Å². The third kappa shape index (κ3) is 6.06. The van der Waals surface area contributed by atoms with E-state index in [0.717, 1.165) is 0 Å². The van der Waals surface area contributed by atoms with Gasteiger partial charge in [0.2, 0.25) is 11.8 Å². The number of hydrazine groups is 1. The average molecular weight is 527 g/mol. The first kappa shape index (κ1) is 26.5. The highest BCUT2D eigenvalue weighted by Crippen LogP contribution is 2.27. The van der Waals surface area contributed by atoms with Crippen molar-refractivity contribution in [3.63, 3.8) is 0 Å². The van der Waals surface area contributed by atoms with Crippen LogP contribution in [0.25, 0.3) is 0 Å². The van der Waals surface area contributed by atoms with Crippen LogP contribution in [0.4, 0.5) is 26.1 Å². The monoisotopic (exact) mass is 526 g/mol. The van der Waals surface area contributed by atoms with Gasteiger partial charge in [0.25, 0.3) is 6.43 Å². The molecule has 3 aromatic rings. The molecule has 5 N–H and O–H groups in total. The first-order valence-corrected chi connectivity index (χ1v) is 11.7. The van der Waals surface area contributed by atoms with Crippen LogP contribution in [-0.4, -0.2) is 47.9 Å². The fourth-order valence-corrected chi connectivity index (χ4v) is 3.71. The number of hydrogen-bond acceptors (Lipinski definition) is 10. The van der Waals surface area contributed by atoms with Gasteiger partial charge in [0, 0.05) is 36.6 Å². The highest BCUT2D eigenvalue weighted by molar-refractivity contribution is 5.94. The summed E-state index contributed by atoms with van der Waals surface area (Å²) in [6, 6.07) is 12.4. The van der Waals surface area contributed by atoms with Crippen LogP contribution in [0.3, 0.4) is 0 Å². The standard InChI is InChI=1S/C25H28F2N8O3/c1-15(28)19(35(29)18-7-5-16(6-8-18)23(26)27)14-38-22-10-9-21(32-33-22)34-12-17(13-34)25(36)31-24-20(37-2)4-3-11-30-24/h3-11,17,23H,12-14,28-29H2,1-2H3,(H,30,31,36)/b19-15-. The Morgan fingerprint density at radius 3 is 2.53 bits per heavy atom.